The van der Waals surface area contributed by atoms with Gasteiger partial charge >= 0.3 is 6.03 Å². The second kappa shape index (κ2) is 7.48. The lowest BCUT2D eigenvalue weighted by Crippen LogP contribution is -2.44. The number of carbonyl (C=O) groups excluding carboxylic acids is 3. The molecule has 1 fully saturated rings. The van der Waals surface area contributed by atoms with Crippen molar-refractivity contribution in [3.05, 3.63) is 64.4 Å². The lowest BCUT2D eigenvalue weighted by atomic mass is 9.87. The minimum absolute atomic E-state index is 0.272. The SMILES string of the molecule is CCC1(c2ccc(F)cc2)NC(=O)N(CC(=O)Nc2ccc(Br)cc2)C1=O. The Morgan fingerprint density at radius 3 is 2.37 bits per heavy atom. The lowest BCUT2D eigenvalue weighted by molar-refractivity contribution is -0.134. The molecular formula is C19H17BrFN3O3. The summed E-state index contributed by atoms with van der Waals surface area (Å²) in [4.78, 5) is 38.5. The first kappa shape index (κ1) is 19.0. The molecule has 1 saturated heterocycles. The Morgan fingerprint density at radius 2 is 1.78 bits per heavy atom. The van der Waals surface area contributed by atoms with Crippen LogP contribution in [0.15, 0.2) is 53.0 Å². The summed E-state index contributed by atoms with van der Waals surface area (Å²) >= 11 is 3.30. The first-order valence-corrected chi connectivity index (χ1v) is 9.10. The number of halogens is 2. The Morgan fingerprint density at radius 1 is 1.15 bits per heavy atom. The smallest absolute Gasteiger partial charge is 0.325 e. The van der Waals surface area contributed by atoms with E-state index in [0.29, 0.717) is 11.3 Å². The van der Waals surface area contributed by atoms with Gasteiger partial charge in [-0.05, 0) is 48.4 Å². The van der Waals surface area contributed by atoms with Crippen LogP contribution in [0.25, 0.3) is 0 Å². The maximum atomic E-state index is 13.2. The molecule has 8 heteroatoms. The summed E-state index contributed by atoms with van der Waals surface area (Å²) in [6, 6.07) is 11.7. The first-order valence-electron chi connectivity index (χ1n) is 8.31. The average molecular weight is 434 g/mol. The molecule has 0 aromatic heterocycles. The number of benzene rings is 2. The quantitative estimate of drug-likeness (QED) is 0.709. The Balaban J connectivity index is 1.77. The second-order valence-electron chi connectivity index (χ2n) is 6.14. The fourth-order valence-corrected chi connectivity index (χ4v) is 3.29. The molecule has 2 aromatic rings. The molecule has 4 amide bonds. The van der Waals surface area contributed by atoms with Crippen molar-refractivity contribution in [1.82, 2.24) is 10.2 Å². The number of hydrogen-bond donors (Lipinski definition) is 2. The third-order valence-corrected chi connectivity index (χ3v) is 5.00. The second-order valence-corrected chi connectivity index (χ2v) is 7.06. The van der Waals surface area contributed by atoms with Crippen molar-refractivity contribution in [2.45, 2.75) is 18.9 Å². The van der Waals surface area contributed by atoms with Crippen molar-refractivity contribution in [2.75, 3.05) is 11.9 Å². The van der Waals surface area contributed by atoms with Crippen molar-refractivity contribution in [3.63, 3.8) is 0 Å². The number of urea groups is 1. The predicted octanol–water partition coefficient (Wildman–Crippen LogP) is 3.38. The number of anilines is 1. The summed E-state index contributed by atoms with van der Waals surface area (Å²) in [6.07, 6.45) is 0.272. The summed E-state index contributed by atoms with van der Waals surface area (Å²) in [5.41, 5.74) is -0.279. The maximum Gasteiger partial charge on any atom is 0.325 e. The van der Waals surface area contributed by atoms with Gasteiger partial charge in [-0.2, -0.15) is 0 Å². The lowest BCUT2D eigenvalue weighted by Gasteiger charge is -2.25. The molecule has 0 spiro atoms. The Labute approximate surface area is 163 Å². The molecule has 1 atom stereocenters. The molecule has 6 nitrogen and oxygen atoms in total. The maximum absolute atomic E-state index is 13.2. The highest BCUT2D eigenvalue weighted by atomic mass is 79.9. The van der Waals surface area contributed by atoms with Gasteiger partial charge in [-0.15, -0.1) is 0 Å². The normalized spacial score (nSPS) is 19.1. The van der Waals surface area contributed by atoms with Gasteiger partial charge in [0.15, 0.2) is 0 Å². The fourth-order valence-electron chi connectivity index (χ4n) is 3.02. The van der Waals surface area contributed by atoms with Crippen LogP contribution in [0.4, 0.5) is 14.9 Å². The van der Waals surface area contributed by atoms with Gasteiger partial charge in [0, 0.05) is 10.2 Å². The number of nitrogens with zero attached hydrogens (tertiary/aromatic N) is 1. The highest BCUT2D eigenvalue weighted by Gasteiger charge is 2.51. The molecule has 1 unspecified atom stereocenters. The topological polar surface area (TPSA) is 78.5 Å². The molecule has 0 saturated carbocycles. The van der Waals surface area contributed by atoms with Gasteiger partial charge in [0.2, 0.25) is 5.91 Å². The third kappa shape index (κ3) is 3.71. The molecule has 0 aliphatic carbocycles. The van der Waals surface area contributed by atoms with Crippen molar-refractivity contribution in [2.24, 2.45) is 0 Å². The summed E-state index contributed by atoms with van der Waals surface area (Å²) in [5.74, 6) is -1.47. The van der Waals surface area contributed by atoms with E-state index in [1.54, 1.807) is 31.2 Å². The van der Waals surface area contributed by atoms with Gasteiger partial charge in [0.25, 0.3) is 5.91 Å². The van der Waals surface area contributed by atoms with Gasteiger partial charge in [0.1, 0.15) is 17.9 Å². The summed E-state index contributed by atoms with van der Waals surface area (Å²) in [6.45, 7) is 1.33. The zero-order valence-electron chi connectivity index (χ0n) is 14.5. The van der Waals surface area contributed by atoms with E-state index < -0.39 is 35.7 Å². The van der Waals surface area contributed by atoms with E-state index in [4.69, 9.17) is 0 Å². The zero-order chi connectivity index (χ0) is 19.6. The van der Waals surface area contributed by atoms with E-state index in [0.717, 1.165) is 9.37 Å². The molecule has 2 aromatic carbocycles. The molecule has 27 heavy (non-hydrogen) atoms. The molecule has 3 rings (SSSR count). The summed E-state index contributed by atoms with van der Waals surface area (Å²) in [7, 11) is 0. The van der Waals surface area contributed by atoms with Gasteiger partial charge in [-0.25, -0.2) is 9.18 Å². The van der Waals surface area contributed by atoms with Crippen molar-refractivity contribution < 1.29 is 18.8 Å². The van der Waals surface area contributed by atoms with E-state index in [1.165, 1.54) is 24.3 Å². The standard InChI is InChI=1S/C19H17BrFN3O3/c1-2-19(12-3-7-14(21)8-4-12)17(26)24(18(27)23-19)11-16(25)22-15-9-5-13(20)6-10-15/h3-10H,2,11H2,1H3,(H,22,25)(H,23,27). The van der Waals surface area contributed by atoms with Gasteiger partial charge in [-0.3, -0.25) is 14.5 Å². The molecule has 0 bridgehead atoms. The van der Waals surface area contributed by atoms with Crippen LogP contribution in [0.3, 0.4) is 0 Å². The van der Waals surface area contributed by atoms with Crippen LogP contribution in [0.2, 0.25) is 0 Å². The van der Waals surface area contributed by atoms with E-state index in [1.807, 2.05) is 0 Å². The van der Waals surface area contributed by atoms with Crippen LogP contribution in [-0.4, -0.2) is 29.3 Å². The van der Waals surface area contributed by atoms with E-state index in [9.17, 15) is 18.8 Å². The van der Waals surface area contributed by atoms with Gasteiger partial charge in [-0.1, -0.05) is 35.0 Å². The molecular weight excluding hydrogens is 417 g/mol. The highest BCUT2D eigenvalue weighted by Crippen LogP contribution is 2.32. The molecule has 140 valence electrons. The Bertz CT molecular complexity index is 886. The Kier molecular flexibility index (Phi) is 5.27. The van der Waals surface area contributed by atoms with Gasteiger partial charge < -0.3 is 10.6 Å². The van der Waals surface area contributed by atoms with Crippen molar-refractivity contribution in [3.8, 4) is 0 Å². The van der Waals surface area contributed by atoms with E-state index >= 15 is 0 Å². The van der Waals surface area contributed by atoms with Crippen LogP contribution in [0, 0.1) is 5.82 Å². The van der Waals surface area contributed by atoms with E-state index in [-0.39, 0.29) is 6.42 Å². The molecule has 2 N–H and O–H groups in total. The average Bonchev–Trinajstić information content (AvgIpc) is 2.89. The molecule has 1 aliphatic heterocycles. The van der Waals surface area contributed by atoms with Crippen LogP contribution in [0.1, 0.15) is 18.9 Å². The largest absolute Gasteiger partial charge is 0.325 e. The summed E-state index contributed by atoms with van der Waals surface area (Å²) < 4.78 is 14.1. The van der Waals surface area contributed by atoms with Crippen LogP contribution < -0.4 is 10.6 Å². The zero-order valence-corrected chi connectivity index (χ0v) is 16.0. The van der Waals surface area contributed by atoms with Crippen molar-refractivity contribution >= 4 is 39.5 Å². The third-order valence-electron chi connectivity index (χ3n) is 4.47. The Hall–Kier alpha value is -2.74. The van der Waals surface area contributed by atoms with Crippen LogP contribution in [-0.2, 0) is 15.1 Å². The van der Waals surface area contributed by atoms with E-state index in [2.05, 4.69) is 26.6 Å². The highest BCUT2D eigenvalue weighted by molar-refractivity contribution is 9.10. The first-order chi connectivity index (χ1) is 12.9. The van der Waals surface area contributed by atoms with Crippen LogP contribution in [0.5, 0.6) is 0 Å². The number of carbonyl (C=O) groups is 3. The molecule has 1 heterocycles. The number of imide groups is 1. The number of amides is 4. The molecule has 1 aliphatic rings. The minimum Gasteiger partial charge on any atom is -0.325 e. The van der Waals surface area contributed by atoms with Gasteiger partial charge in [0.05, 0.1) is 0 Å². The monoisotopic (exact) mass is 433 g/mol. The predicted molar refractivity (Wildman–Crippen MR) is 101 cm³/mol. The summed E-state index contributed by atoms with van der Waals surface area (Å²) in [5, 5.41) is 5.30. The molecule has 0 radical (unpaired) electrons. The number of hydrogen-bond acceptors (Lipinski definition) is 3. The minimum atomic E-state index is -1.30. The van der Waals surface area contributed by atoms with Crippen LogP contribution >= 0.6 is 15.9 Å². The number of nitrogens with one attached hydrogen (secondary N) is 2. The fraction of sp³-hybridized carbons (Fsp3) is 0.211. The van der Waals surface area contributed by atoms with Crippen molar-refractivity contribution in [1.29, 1.82) is 0 Å². The number of rotatable bonds is 5.